The number of rotatable bonds is 4. The summed E-state index contributed by atoms with van der Waals surface area (Å²) in [6.45, 7) is 4.16. The normalized spacial score (nSPS) is 11.0. The Morgan fingerprint density at radius 3 is 2.65 bits per heavy atom. The molecule has 0 saturated heterocycles. The lowest BCUT2D eigenvalue weighted by molar-refractivity contribution is -0.384. The van der Waals surface area contributed by atoms with Crippen molar-refractivity contribution < 1.29 is 4.92 Å². The van der Waals surface area contributed by atoms with Crippen LogP contribution in [0.1, 0.15) is 19.4 Å². The molecule has 0 atom stereocenters. The number of nitro benzene ring substituents is 1. The quantitative estimate of drug-likeness (QED) is 0.686. The molecule has 0 amide bonds. The van der Waals surface area contributed by atoms with Crippen LogP contribution < -0.4 is 5.73 Å². The van der Waals surface area contributed by atoms with Crippen molar-refractivity contribution in [2.45, 2.75) is 20.3 Å². The van der Waals surface area contributed by atoms with E-state index in [1.165, 1.54) is 6.07 Å². The van der Waals surface area contributed by atoms with Crippen LogP contribution in [0.2, 0.25) is 0 Å². The van der Waals surface area contributed by atoms with Crippen molar-refractivity contribution in [3.8, 4) is 11.3 Å². The lowest BCUT2D eigenvalue weighted by Gasteiger charge is -2.07. The molecular weight excluding hydrogens is 256 g/mol. The third-order valence-corrected chi connectivity index (χ3v) is 3.16. The van der Waals surface area contributed by atoms with Gasteiger partial charge in [0.25, 0.3) is 5.69 Å². The number of nitrogens with two attached hydrogens (primary N) is 1. The average molecular weight is 274 g/mol. The van der Waals surface area contributed by atoms with Gasteiger partial charge in [-0.1, -0.05) is 26.0 Å². The van der Waals surface area contributed by atoms with Gasteiger partial charge in [-0.2, -0.15) is 5.10 Å². The topological polar surface area (TPSA) is 87.0 Å². The van der Waals surface area contributed by atoms with Crippen LogP contribution >= 0.6 is 0 Å². The van der Waals surface area contributed by atoms with Crippen LogP contribution in [0.15, 0.2) is 24.3 Å². The zero-order valence-corrected chi connectivity index (χ0v) is 11.8. The molecule has 106 valence electrons. The summed E-state index contributed by atoms with van der Waals surface area (Å²) in [7, 11) is 1.75. The van der Waals surface area contributed by atoms with Crippen molar-refractivity contribution in [1.29, 1.82) is 0 Å². The molecule has 0 saturated carbocycles. The van der Waals surface area contributed by atoms with Crippen LogP contribution in [-0.4, -0.2) is 14.7 Å². The summed E-state index contributed by atoms with van der Waals surface area (Å²) in [5.74, 6) is 0.954. The highest BCUT2D eigenvalue weighted by Crippen LogP contribution is 2.34. The van der Waals surface area contributed by atoms with Crippen LogP contribution in [0.4, 0.5) is 11.5 Å². The summed E-state index contributed by atoms with van der Waals surface area (Å²) >= 11 is 0. The molecule has 6 nitrogen and oxygen atoms in total. The standard InChI is InChI=1S/C14H18N4O2/c1-9(2)8-11-13(16-17(3)14(11)15)10-6-4-5-7-12(10)18(19)20/h4-7,9H,8,15H2,1-3H3. The van der Waals surface area contributed by atoms with E-state index < -0.39 is 0 Å². The number of aromatic nitrogens is 2. The van der Waals surface area contributed by atoms with Gasteiger partial charge in [0.1, 0.15) is 11.5 Å². The molecule has 0 aliphatic heterocycles. The maximum Gasteiger partial charge on any atom is 0.278 e. The van der Waals surface area contributed by atoms with E-state index in [9.17, 15) is 10.1 Å². The van der Waals surface area contributed by atoms with Gasteiger partial charge in [-0.15, -0.1) is 0 Å². The van der Waals surface area contributed by atoms with Gasteiger partial charge in [0.2, 0.25) is 0 Å². The van der Waals surface area contributed by atoms with E-state index in [0.29, 0.717) is 23.0 Å². The molecule has 0 spiro atoms. The molecule has 0 aliphatic carbocycles. The Morgan fingerprint density at radius 1 is 1.40 bits per heavy atom. The second kappa shape index (κ2) is 5.32. The number of hydrogen-bond donors (Lipinski definition) is 1. The number of para-hydroxylation sites is 1. The van der Waals surface area contributed by atoms with E-state index in [-0.39, 0.29) is 10.6 Å². The first kappa shape index (κ1) is 14.0. The van der Waals surface area contributed by atoms with Crippen molar-refractivity contribution in [2.75, 3.05) is 5.73 Å². The Labute approximate surface area is 117 Å². The van der Waals surface area contributed by atoms with Crippen molar-refractivity contribution in [1.82, 2.24) is 9.78 Å². The Bertz CT molecular complexity index is 647. The fourth-order valence-corrected chi connectivity index (χ4v) is 2.24. The van der Waals surface area contributed by atoms with Gasteiger partial charge < -0.3 is 5.73 Å². The first-order chi connectivity index (χ1) is 9.41. The third kappa shape index (κ3) is 2.49. The zero-order chi connectivity index (χ0) is 14.9. The van der Waals surface area contributed by atoms with E-state index in [4.69, 9.17) is 5.73 Å². The van der Waals surface area contributed by atoms with E-state index >= 15 is 0 Å². The van der Waals surface area contributed by atoms with Gasteiger partial charge in [0.05, 0.1) is 10.5 Å². The van der Waals surface area contributed by atoms with Gasteiger partial charge in [-0.3, -0.25) is 14.8 Å². The minimum absolute atomic E-state index is 0.0515. The molecule has 0 bridgehead atoms. The Kier molecular flexibility index (Phi) is 3.74. The maximum atomic E-state index is 11.2. The zero-order valence-electron chi connectivity index (χ0n) is 11.8. The molecular formula is C14H18N4O2. The van der Waals surface area contributed by atoms with Crippen molar-refractivity contribution in [3.63, 3.8) is 0 Å². The van der Waals surface area contributed by atoms with Crippen LogP contribution in [-0.2, 0) is 13.5 Å². The van der Waals surface area contributed by atoms with Gasteiger partial charge in [-0.05, 0) is 18.4 Å². The van der Waals surface area contributed by atoms with E-state index in [1.54, 1.807) is 29.9 Å². The molecule has 2 N–H and O–H groups in total. The van der Waals surface area contributed by atoms with Gasteiger partial charge in [-0.25, -0.2) is 0 Å². The van der Waals surface area contributed by atoms with Gasteiger partial charge >= 0.3 is 0 Å². The summed E-state index contributed by atoms with van der Waals surface area (Å²) in [6, 6.07) is 6.62. The Morgan fingerprint density at radius 2 is 2.05 bits per heavy atom. The first-order valence-electron chi connectivity index (χ1n) is 6.47. The highest BCUT2D eigenvalue weighted by molar-refractivity contribution is 5.76. The minimum Gasteiger partial charge on any atom is -0.384 e. The highest BCUT2D eigenvalue weighted by Gasteiger charge is 2.22. The first-order valence-corrected chi connectivity index (χ1v) is 6.47. The Hall–Kier alpha value is -2.37. The SMILES string of the molecule is CC(C)Cc1c(-c2ccccc2[N+](=O)[O-])nn(C)c1N. The predicted octanol–water partition coefficient (Wildman–Crippen LogP) is 2.78. The second-order valence-electron chi connectivity index (χ2n) is 5.21. The second-order valence-corrected chi connectivity index (χ2v) is 5.21. The summed E-state index contributed by atoms with van der Waals surface area (Å²) in [5.41, 5.74) is 8.09. The molecule has 0 fully saturated rings. The highest BCUT2D eigenvalue weighted by atomic mass is 16.6. The van der Waals surface area contributed by atoms with Crippen molar-refractivity contribution in [3.05, 3.63) is 39.9 Å². The number of nitrogens with zero attached hydrogens (tertiary/aromatic N) is 3. The molecule has 1 heterocycles. The third-order valence-electron chi connectivity index (χ3n) is 3.16. The molecule has 1 aromatic carbocycles. The number of hydrogen-bond acceptors (Lipinski definition) is 4. The van der Waals surface area contributed by atoms with Crippen LogP contribution in [0, 0.1) is 16.0 Å². The van der Waals surface area contributed by atoms with Crippen LogP contribution in [0.25, 0.3) is 11.3 Å². The molecule has 2 rings (SSSR count). The Balaban J connectivity index is 2.64. The summed E-state index contributed by atoms with van der Waals surface area (Å²) in [4.78, 5) is 10.8. The monoisotopic (exact) mass is 274 g/mol. The summed E-state index contributed by atoms with van der Waals surface area (Å²) < 4.78 is 1.57. The maximum absolute atomic E-state index is 11.2. The van der Waals surface area contributed by atoms with Crippen molar-refractivity contribution in [2.24, 2.45) is 13.0 Å². The number of benzene rings is 1. The molecule has 0 aliphatic rings. The average Bonchev–Trinajstić information content (AvgIpc) is 2.66. The van der Waals surface area contributed by atoms with Crippen LogP contribution in [0.3, 0.4) is 0 Å². The van der Waals surface area contributed by atoms with Gasteiger partial charge in [0.15, 0.2) is 0 Å². The predicted molar refractivity (Wildman–Crippen MR) is 78.3 cm³/mol. The minimum atomic E-state index is -0.390. The number of aryl methyl sites for hydroxylation is 1. The fourth-order valence-electron chi connectivity index (χ4n) is 2.24. The molecule has 20 heavy (non-hydrogen) atoms. The fraction of sp³-hybridized carbons (Fsp3) is 0.357. The van der Waals surface area contributed by atoms with Crippen molar-refractivity contribution >= 4 is 11.5 Å². The van der Waals surface area contributed by atoms with Crippen LogP contribution in [0.5, 0.6) is 0 Å². The van der Waals surface area contributed by atoms with Gasteiger partial charge in [0, 0.05) is 18.7 Å². The molecule has 2 aromatic rings. The molecule has 6 heteroatoms. The largest absolute Gasteiger partial charge is 0.384 e. The lowest BCUT2D eigenvalue weighted by atomic mass is 9.98. The lowest BCUT2D eigenvalue weighted by Crippen LogP contribution is -2.02. The smallest absolute Gasteiger partial charge is 0.278 e. The van der Waals surface area contributed by atoms with E-state index in [0.717, 1.165) is 12.0 Å². The number of anilines is 1. The van der Waals surface area contributed by atoms with E-state index in [1.807, 2.05) is 0 Å². The van der Waals surface area contributed by atoms with E-state index in [2.05, 4.69) is 18.9 Å². The molecule has 0 unspecified atom stereocenters. The summed E-state index contributed by atoms with van der Waals surface area (Å²) in [5, 5.41) is 15.5. The number of nitro groups is 1. The number of nitrogen functional groups attached to an aromatic ring is 1. The molecule has 0 radical (unpaired) electrons. The molecule has 1 aromatic heterocycles. The summed E-state index contributed by atoms with van der Waals surface area (Å²) in [6.07, 6.45) is 0.737.